The summed E-state index contributed by atoms with van der Waals surface area (Å²) in [5.41, 5.74) is 5.84. The molecule has 1 atom stereocenters. The molecule has 0 spiro atoms. The molecule has 0 saturated carbocycles. The van der Waals surface area contributed by atoms with Crippen LogP contribution in [0, 0.1) is 5.82 Å². The Labute approximate surface area is 191 Å². The number of anilines is 1. The molecule has 33 heavy (non-hydrogen) atoms. The van der Waals surface area contributed by atoms with E-state index in [2.05, 4.69) is 10.7 Å². The van der Waals surface area contributed by atoms with Gasteiger partial charge in [0.2, 0.25) is 5.91 Å². The summed E-state index contributed by atoms with van der Waals surface area (Å²) >= 11 is 0. The molecule has 1 fully saturated rings. The van der Waals surface area contributed by atoms with Crippen LogP contribution in [0.1, 0.15) is 25.0 Å². The van der Waals surface area contributed by atoms with Gasteiger partial charge in [0, 0.05) is 18.4 Å². The molecule has 1 saturated heterocycles. The molecule has 8 nitrogen and oxygen atoms in total. The van der Waals surface area contributed by atoms with Gasteiger partial charge in [-0.25, -0.2) is 14.6 Å². The number of nitrogens with one attached hydrogen (secondary N) is 2. The average molecular weight is 452 g/mol. The van der Waals surface area contributed by atoms with Crippen molar-refractivity contribution in [3.8, 4) is 0 Å². The molecule has 1 unspecified atom stereocenters. The van der Waals surface area contributed by atoms with E-state index in [-0.39, 0.29) is 19.0 Å². The maximum atomic E-state index is 13.3. The van der Waals surface area contributed by atoms with Crippen LogP contribution in [0.15, 0.2) is 60.4 Å². The van der Waals surface area contributed by atoms with Crippen LogP contribution in [0.3, 0.4) is 0 Å². The summed E-state index contributed by atoms with van der Waals surface area (Å²) in [5.74, 6) is -1.19. The maximum absolute atomic E-state index is 13.3. The number of carbonyl (C=O) groups is 3. The Morgan fingerprint density at radius 1 is 1.06 bits per heavy atom. The number of hydrazine groups is 1. The second kappa shape index (κ2) is 9.41. The molecule has 2 aliphatic rings. The third-order valence-corrected chi connectivity index (χ3v) is 5.68. The van der Waals surface area contributed by atoms with Crippen LogP contribution in [0.4, 0.5) is 14.9 Å². The Kier molecular flexibility index (Phi) is 6.41. The van der Waals surface area contributed by atoms with Crippen LogP contribution < -0.4 is 10.7 Å². The summed E-state index contributed by atoms with van der Waals surface area (Å²) in [4.78, 5) is 41.7. The highest BCUT2D eigenvalue weighted by atomic mass is 19.1. The predicted molar refractivity (Wildman–Crippen MR) is 121 cm³/mol. The lowest BCUT2D eigenvalue weighted by atomic mass is 10.1. The minimum Gasteiger partial charge on any atom is -0.325 e. The highest BCUT2D eigenvalue weighted by Crippen LogP contribution is 2.27. The van der Waals surface area contributed by atoms with Crippen LogP contribution in [0.25, 0.3) is 0 Å². The van der Waals surface area contributed by atoms with Gasteiger partial charge in [0.25, 0.3) is 5.91 Å². The Morgan fingerprint density at radius 2 is 1.82 bits per heavy atom. The van der Waals surface area contributed by atoms with Crippen LogP contribution in [0.2, 0.25) is 0 Å². The lowest BCUT2D eigenvalue weighted by Crippen LogP contribution is -2.61. The topological polar surface area (TPSA) is 85.0 Å². The first-order valence-corrected chi connectivity index (χ1v) is 10.9. The van der Waals surface area contributed by atoms with E-state index < -0.39 is 23.8 Å². The number of rotatable bonds is 7. The van der Waals surface area contributed by atoms with Crippen molar-refractivity contribution in [3.05, 3.63) is 77.4 Å². The monoisotopic (exact) mass is 451 g/mol. The van der Waals surface area contributed by atoms with E-state index in [9.17, 15) is 18.8 Å². The zero-order chi connectivity index (χ0) is 23.5. The van der Waals surface area contributed by atoms with Gasteiger partial charge in [-0.2, -0.15) is 0 Å². The van der Waals surface area contributed by atoms with Gasteiger partial charge in [-0.3, -0.25) is 19.4 Å². The fourth-order valence-electron chi connectivity index (χ4n) is 3.89. The van der Waals surface area contributed by atoms with Gasteiger partial charge in [-0.1, -0.05) is 31.2 Å². The van der Waals surface area contributed by atoms with E-state index >= 15 is 0 Å². The summed E-state index contributed by atoms with van der Waals surface area (Å²) in [5, 5.41) is 4.54. The molecule has 2 aliphatic heterocycles. The molecule has 2 aromatic carbocycles. The normalized spacial score (nSPS) is 17.8. The summed E-state index contributed by atoms with van der Waals surface area (Å²) < 4.78 is 13.3. The van der Waals surface area contributed by atoms with Crippen molar-refractivity contribution in [1.82, 2.24) is 20.2 Å². The summed E-state index contributed by atoms with van der Waals surface area (Å²) in [6, 6.07) is 11.8. The third-order valence-electron chi connectivity index (χ3n) is 5.68. The highest BCUT2D eigenvalue weighted by molar-refractivity contribution is 6.05. The number of nitrogens with zero attached hydrogens (tertiary/aromatic N) is 3. The van der Waals surface area contributed by atoms with Crippen molar-refractivity contribution in [3.63, 3.8) is 0 Å². The highest BCUT2D eigenvalue weighted by Gasteiger charge is 2.46. The Bertz CT molecular complexity index is 1100. The molecule has 2 heterocycles. The van der Waals surface area contributed by atoms with Gasteiger partial charge >= 0.3 is 6.03 Å². The molecular formula is C24H26FN5O3. The van der Waals surface area contributed by atoms with E-state index in [1.165, 1.54) is 29.2 Å². The SMILES string of the molecule is CCc1cccc(NC(=O)CN2C(=O)N(Cc3ccc(F)cc3)C(=O)C3NN(CC)C=C32)c1. The van der Waals surface area contributed by atoms with Crippen LogP contribution in [0.5, 0.6) is 0 Å². The van der Waals surface area contributed by atoms with E-state index in [1.807, 2.05) is 32.0 Å². The van der Waals surface area contributed by atoms with Crippen LogP contribution in [-0.4, -0.2) is 51.8 Å². The molecule has 4 amide bonds. The lowest BCUT2D eigenvalue weighted by molar-refractivity contribution is -0.133. The molecule has 0 bridgehead atoms. The first kappa shape index (κ1) is 22.5. The Morgan fingerprint density at radius 3 is 2.52 bits per heavy atom. The number of imide groups is 1. The molecule has 0 radical (unpaired) electrons. The predicted octanol–water partition coefficient (Wildman–Crippen LogP) is 2.84. The number of hydrogen-bond acceptors (Lipinski definition) is 5. The molecule has 9 heteroatoms. The van der Waals surface area contributed by atoms with Gasteiger partial charge in [0.1, 0.15) is 18.4 Å². The smallest absolute Gasteiger partial charge is 0.325 e. The maximum Gasteiger partial charge on any atom is 0.331 e. The number of fused-ring (bicyclic) bond motifs is 1. The Hall–Kier alpha value is -3.72. The number of amides is 4. The van der Waals surface area contributed by atoms with Crippen molar-refractivity contribution in [2.75, 3.05) is 18.4 Å². The third kappa shape index (κ3) is 4.73. The number of aryl methyl sites for hydroxylation is 1. The zero-order valence-electron chi connectivity index (χ0n) is 18.5. The van der Waals surface area contributed by atoms with E-state index in [0.717, 1.165) is 16.9 Å². The number of urea groups is 1. The van der Waals surface area contributed by atoms with Crippen molar-refractivity contribution in [2.45, 2.75) is 32.9 Å². The quantitative estimate of drug-likeness (QED) is 0.676. The molecule has 0 aliphatic carbocycles. The fourth-order valence-corrected chi connectivity index (χ4v) is 3.89. The van der Waals surface area contributed by atoms with Crippen molar-refractivity contribution in [2.24, 2.45) is 0 Å². The minimum absolute atomic E-state index is 0.0216. The number of carbonyl (C=O) groups excluding carboxylic acids is 3. The molecule has 2 aromatic rings. The first-order chi connectivity index (χ1) is 15.9. The number of benzene rings is 2. The van der Waals surface area contributed by atoms with E-state index in [4.69, 9.17) is 0 Å². The van der Waals surface area contributed by atoms with Gasteiger partial charge in [0.15, 0.2) is 0 Å². The van der Waals surface area contributed by atoms with Crippen molar-refractivity contribution in [1.29, 1.82) is 0 Å². The van der Waals surface area contributed by atoms with Gasteiger partial charge in [0.05, 0.1) is 12.2 Å². The first-order valence-electron chi connectivity index (χ1n) is 10.9. The van der Waals surface area contributed by atoms with E-state index in [0.29, 0.717) is 23.5 Å². The number of hydrogen-bond donors (Lipinski definition) is 2. The second-order valence-corrected chi connectivity index (χ2v) is 7.92. The van der Waals surface area contributed by atoms with Crippen molar-refractivity contribution < 1.29 is 18.8 Å². The lowest BCUT2D eigenvalue weighted by Gasteiger charge is -2.37. The van der Waals surface area contributed by atoms with Crippen molar-refractivity contribution >= 4 is 23.5 Å². The Balaban J connectivity index is 1.56. The molecule has 0 aromatic heterocycles. The van der Waals surface area contributed by atoms with Crippen LogP contribution >= 0.6 is 0 Å². The second-order valence-electron chi connectivity index (χ2n) is 7.92. The largest absolute Gasteiger partial charge is 0.331 e. The molecule has 172 valence electrons. The summed E-state index contributed by atoms with van der Waals surface area (Å²) in [6.07, 6.45) is 2.52. The van der Waals surface area contributed by atoms with Gasteiger partial charge in [-0.15, -0.1) is 0 Å². The fraction of sp³-hybridized carbons (Fsp3) is 0.292. The summed E-state index contributed by atoms with van der Waals surface area (Å²) in [7, 11) is 0. The van der Waals surface area contributed by atoms with Crippen LogP contribution in [-0.2, 0) is 22.6 Å². The molecule has 4 rings (SSSR count). The number of halogens is 1. The standard InChI is InChI=1S/C24H26FN5O3/c1-3-16-6-5-7-19(12-16)26-21(31)15-29-20-14-28(4-2)27-22(20)23(32)30(24(29)33)13-17-8-10-18(25)11-9-17/h5-12,14,22,27H,3-4,13,15H2,1-2H3,(H,26,31). The summed E-state index contributed by atoms with van der Waals surface area (Å²) in [6.45, 7) is 4.24. The molecular weight excluding hydrogens is 425 g/mol. The van der Waals surface area contributed by atoms with Gasteiger partial charge in [-0.05, 0) is 48.7 Å². The minimum atomic E-state index is -0.778. The molecule has 2 N–H and O–H groups in total. The average Bonchev–Trinajstić information content (AvgIpc) is 3.25. The zero-order valence-corrected chi connectivity index (χ0v) is 18.5. The van der Waals surface area contributed by atoms with E-state index in [1.54, 1.807) is 17.3 Å². The van der Waals surface area contributed by atoms with Gasteiger partial charge < -0.3 is 10.3 Å².